The number of benzene rings is 3. The summed E-state index contributed by atoms with van der Waals surface area (Å²) in [5, 5.41) is 0. The SMILES string of the molecule is CCCCCC1CCC(c2c(F)c(F)c(F)c(F)c2-c2cc(F)c(-c3ccccc3)c(F)c2F)CC1. The predicted molar refractivity (Wildman–Crippen MR) is 126 cm³/mol. The Morgan fingerprint density at radius 3 is 1.92 bits per heavy atom. The number of hydrogen-bond acceptors (Lipinski definition) is 0. The fraction of sp³-hybridized carbons (Fsp3) is 0.379. The zero-order valence-electron chi connectivity index (χ0n) is 19.9. The highest BCUT2D eigenvalue weighted by Gasteiger charge is 2.35. The van der Waals surface area contributed by atoms with Crippen LogP contribution in [0, 0.1) is 46.6 Å². The Morgan fingerprint density at radius 2 is 1.28 bits per heavy atom. The smallest absolute Gasteiger partial charge is 0.198 e. The molecule has 192 valence electrons. The summed E-state index contributed by atoms with van der Waals surface area (Å²) in [7, 11) is 0. The third-order valence-corrected chi connectivity index (χ3v) is 7.26. The van der Waals surface area contributed by atoms with Crippen molar-refractivity contribution in [3.05, 3.63) is 82.7 Å². The largest absolute Gasteiger partial charge is 0.206 e. The van der Waals surface area contributed by atoms with E-state index in [0.717, 1.165) is 25.7 Å². The molecule has 1 fully saturated rings. The van der Waals surface area contributed by atoms with Crippen molar-refractivity contribution in [1.29, 1.82) is 0 Å². The van der Waals surface area contributed by atoms with Crippen molar-refractivity contribution in [2.75, 3.05) is 0 Å². The summed E-state index contributed by atoms with van der Waals surface area (Å²) in [6, 6.07) is 7.86. The molecule has 7 heteroatoms. The van der Waals surface area contributed by atoms with E-state index < -0.39 is 68.9 Å². The molecule has 1 aliphatic carbocycles. The first-order valence-corrected chi connectivity index (χ1v) is 12.3. The number of halogens is 7. The van der Waals surface area contributed by atoms with Crippen molar-refractivity contribution in [3.8, 4) is 22.3 Å². The first-order valence-electron chi connectivity index (χ1n) is 12.3. The van der Waals surface area contributed by atoms with Crippen molar-refractivity contribution in [2.45, 2.75) is 64.2 Å². The minimum atomic E-state index is -2.15. The van der Waals surface area contributed by atoms with Crippen molar-refractivity contribution < 1.29 is 30.7 Å². The Bertz CT molecular complexity index is 1230. The number of hydrogen-bond donors (Lipinski definition) is 0. The maximum absolute atomic E-state index is 15.3. The lowest BCUT2D eigenvalue weighted by molar-refractivity contribution is 0.295. The van der Waals surface area contributed by atoms with Gasteiger partial charge in [-0.05, 0) is 49.1 Å². The molecule has 0 bridgehead atoms. The Balaban J connectivity index is 1.80. The van der Waals surface area contributed by atoms with E-state index in [4.69, 9.17) is 0 Å². The second-order valence-electron chi connectivity index (χ2n) is 9.53. The zero-order chi connectivity index (χ0) is 26.0. The van der Waals surface area contributed by atoms with E-state index in [1.807, 2.05) is 0 Å². The molecule has 3 aromatic carbocycles. The quantitative estimate of drug-likeness (QED) is 0.129. The lowest BCUT2D eigenvalue weighted by Gasteiger charge is -2.31. The van der Waals surface area contributed by atoms with Gasteiger partial charge in [0.25, 0.3) is 0 Å². The average Bonchev–Trinajstić information content (AvgIpc) is 2.88. The van der Waals surface area contributed by atoms with Crippen LogP contribution in [-0.4, -0.2) is 0 Å². The summed E-state index contributed by atoms with van der Waals surface area (Å²) in [5.41, 5.74) is -3.15. The lowest BCUT2D eigenvalue weighted by atomic mass is 9.75. The highest BCUT2D eigenvalue weighted by molar-refractivity contribution is 5.75. The zero-order valence-corrected chi connectivity index (χ0v) is 19.9. The van der Waals surface area contributed by atoms with Crippen LogP contribution in [0.5, 0.6) is 0 Å². The average molecular weight is 509 g/mol. The molecule has 0 unspecified atom stereocenters. The van der Waals surface area contributed by atoms with Crippen LogP contribution in [0.15, 0.2) is 36.4 Å². The molecular weight excluding hydrogens is 481 g/mol. The Labute approximate surface area is 206 Å². The van der Waals surface area contributed by atoms with Crippen molar-refractivity contribution in [2.24, 2.45) is 5.92 Å². The monoisotopic (exact) mass is 508 g/mol. The van der Waals surface area contributed by atoms with E-state index in [9.17, 15) is 8.78 Å². The van der Waals surface area contributed by atoms with E-state index in [1.165, 1.54) is 24.3 Å². The molecule has 1 saturated carbocycles. The van der Waals surface area contributed by atoms with Crippen LogP contribution in [0.25, 0.3) is 22.3 Å². The molecule has 0 saturated heterocycles. The van der Waals surface area contributed by atoms with Gasteiger partial charge in [-0.15, -0.1) is 0 Å². The highest BCUT2D eigenvalue weighted by atomic mass is 19.2. The molecule has 0 radical (unpaired) electrons. The molecule has 36 heavy (non-hydrogen) atoms. The van der Waals surface area contributed by atoms with Gasteiger partial charge in [0.1, 0.15) is 5.82 Å². The van der Waals surface area contributed by atoms with Gasteiger partial charge in [0.15, 0.2) is 34.9 Å². The molecule has 1 aliphatic rings. The first-order chi connectivity index (χ1) is 17.3. The normalized spacial score (nSPS) is 18.0. The van der Waals surface area contributed by atoms with Gasteiger partial charge in [0, 0.05) is 16.7 Å². The molecule has 3 aromatic rings. The van der Waals surface area contributed by atoms with E-state index in [1.54, 1.807) is 6.07 Å². The fourth-order valence-corrected chi connectivity index (χ4v) is 5.36. The molecule has 0 heterocycles. The lowest BCUT2D eigenvalue weighted by Crippen LogP contribution is -2.18. The minimum Gasteiger partial charge on any atom is -0.206 e. The van der Waals surface area contributed by atoms with Gasteiger partial charge in [0.2, 0.25) is 0 Å². The van der Waals surface area contributed by atoms with Crippen LogP contribution in [0.3, 0.4) is 0 Å². The second-order valence-corrected chi connectivity index (χ2v) is 9.53. The highest BCUT2D eigenvalue weighted by Crippen LogP contribution is 2.46. The Morgan fingerprint density at radius 1 is 0.667 bits per heavy atom. The van der Waals surface area contributed by atoms with Gasteiger partial charge in [-0.25, -0.2) is 30.7 Å². The van der Waals surface area contributed by atoms with E-state index in [-0.39, 0.29) is 5.56 Å². The van der Waals surface area contributed by atoms with Gasteiger partial charge in [-0.1, -0.05) is 62.9 Å². The molecule has 0 atom stereocenters. The summed E-state index contributed by atoms with van der Waals surface area (Å²) in [6.45, 7) is 2.09. The van der Waals surface area contributed by atoms with Crippen LogP contribution in [0.2, 0.25) is 0 Å². The maximum Gasteiger partial charge on any atom is 0.198 e. The predicted octanol–water partition coefficient (Wildman–Crippen LogP) is 9.85. The van der Waals surface area contributed by atoms with E-state index in [0.29, 0.717) is 37.7 Å². The van der Waals surface area contributed by atoms with Gasteiger partial charge >= 0.3 is 0 Å². The third-order valence-electron chi connectivity index (χ3n) is 7.26. The molecule has 0 N–H and O–H groups in total. The summed E-state index contributed by atoms with van der Waals surface area (Å²) in [6.07, 6.45) is 6.19. The fourth-order valence-electron chi connectivity index (χ4n) is 5.36. The van der Waals surface area contributed by atoms with Crippen LogP contribution in [0.4, 0.5) is 30.7 Å². The summed E-state index contributed by atoms with van der Waals surface area (Å²) in [4.78, 5) is 0. The van der Waals surface area contributed by atoms with Crippen molar-refractivity contribution >= 4 is 0 Å². The molecule has 0 aliphatic heterocycles. The number of rotatable bonds is 7. The van der Waals surface area contributed by atoms with Crippen molar-refractivity contribution in [3.63, 3.8) is 0 Å². The first kappa shape index (κ1) is 26.2. The molecule has 0 amide bonds. The van der Waals surface area contributed by atoms with Gasteiger partial charge in [-0.3, -0.25) is 0 Å². The van der Waals surface area contributed by atoms with Crippen LogP contribution in [0.1, 0.15) is 69.8 Å². The standard InChI is InChI=1S/C29H27F7/c1-2-3-5-8-16-11-13-18(14-12-16)22-23(27(34)29(36)28(35)26(22)33)19-15-20(30)21(25(32)24(19)31)17-9-6-4-7-10-17/h4,6-7,9-10,15-16,18H,2-3,5,8,11-14H2,1H3. The molecule has 4 rings (SSSR count). The molecular formula is C29H27F7. The van der Waals surface area contributed by atoms with Crippen molar-refractivity contribution in [1.82, 2.24) is 0 Å². The number of unbranched alkanes of at least 4 members (excludes halogenated alkanes) is 2. The Kier molecular flexibility index (Phi) is 8.06. The van der Waals surface area contributed by atoms with Crippen LogP contribution < -0.4 is 0 Å². The van der Waals surface area contributed by atoms with Crippen LogP contribution >= 0.6 is 0 Å². The molecule has 0 nitrogen and oxygen atoms in total. The molecule has 0 aromatic heterocycles. The van der Waals surface area contributed by atoms with Crippen LogP contribution in [-0.2, 0) is 0 Å². The van der Waals surface area contributed by atoms with Gasteiger partial charge in [-0.2, -0.15) is 0 Å². The summed E-state index contributed by atoms with van der Waals surface area (Å²) in [5.74, 6) is -12.6. The molecule has 0 spiro atoms. The topological polar surface area (TPSA) is 0 Å². The van der Waals surface area contributed by atoms with Gasteiger partial charge < -0.3 is 0 Å². The third kappa shape index (κ3) is 4.89. The van der Waals surface area contributed by atoms with E-state index >= 15 is 22.0 Å². The Hall–Kier alpha value is -2.83. The minimum absolute atomic E-state index is 0.0384. The van der Waals surface area contributed by atoms with E-state index in [2.05, 4.69) is 6.92 Å². The maximum atomic E-state index is 15.3. The summed E-state index contributed by atoms with van der Waals surface area (Å²) < 4.78 is 104. The summed E-state index contributed by atoms with van der Waals surface area (Å²) >= 11 is 0. The second kappa shape index (κ2) is 11.1. The van der Waals surface area contributed by atoms with Gasteiger partial charge in [0.05, 0.1) is 5.56 Å².